The number of fused-ring (bicyclic) bond motifs is 3. The van der Waals surface area contributed by atoms with Gasteiger partial charge in [0.15, 0.2) is 11.5 Å². The molecule has 4 aromatic rings. The summed E-state index contributed by atoms with van der Waals surface area (Å²) in [5, 5.41) is 16.3. The molecule has 0 aliphatic carbocycles. The summed E-state index contributed by atoms with van der Waals surface area (Å²) < 4.78 is 1.98. The molecule has 8 heteroatoms. The zero-order valence-electron chi connectivity index (χ0n) is 17.1. The Morgan fingerprint density at radius 1 is 1.17 bits per heavy atom. The lowest BCUT2D eigenvalue weighted by Gasteiger charge is -2.33. The number of aryl methyl sites for hydroxylation is 2. The van der Waals surface area contributed by atoms with Crippen molar-refractivity contribution in [3.63, 3.8) is 0 Å². The molecule has 8 nitrogen and oxygen atoms in total. The topological polar surface area (TPSA) is 90.6 Å². The molecule has 30 heavy (non-hydrogen) atoms. The van der Waals surface area contributed by atoms with Gasteiger partial charge in [-0.25, -0.2) is 15.0 Å². The summed E-state index contributed by atoms with van der Waals surface area (Å²) in [4.78, 5) is 16.3. The van der Waals surface area contributed by atoms with Gasteiger partial charge in [-0.05, 0) is 37.1 Å². The summed E-state index contributed by atoms with van der Waals surface area (Å²) in [5.74, 6) is 1.64. The van der Waals surface area contributed by atoms with Crippen LogP contribution in [0.2, 0.25) is 0 Å². The van der Waals surface area contributed by atoms with E-state index in [-0.39, 0.29) is 12.6 Å². The molecular formula is C22H25N7O. The number of imidazole rings is 1. The van der Waals surface area contributed by atoms with Crippen LogP contribution in [0.15, 0.2) is 42.9 Å². The van der Waals surface area contributed by atoms with E-state index in [1.807, 2.05) is 22.7 Å². The Balaban J connectivity index is 1.58. The Morgan fingerprint density at radius 3 is 2.80 bits per heavy atom. The normalized spacial score (nSPS) is 17.0. The van der Waals surface area contributed by atoms with E-state index in [1.54, 1.807) is 6.33 Å². The quantitative estimate of drug-likeness (QED) is 0.482. The van der Waals surface area contributed by atoms with E-state index < -0.39 is 0 Å². The molecule has 1 aliphatic heterocycles. The molecular weight excluding hydrogens is 378 g/mol. The number of piperazine rings is 1. The van der Waals surface area contributed by atoms with Crippen LogP contribution >= 0.6 is 0 Å². The number of aromatic nitrogens is 4. The lowest BCUT2D eigenvalue weighted by molar-refractivity contribution is 0.235. The van der Waals surface area contributed by atoms with Gasteiger partial charge in [-0.2, -0.15) is 0 Å². The average molecular weight is 403 g/mol. The highest BCUT2D eigenvalue weighted by atomic mass is 16.3. The van der Waals surface area contributed by atoms with Crippen molar-refractivity contribution >= 4 is 34.0 Å². The third-order valence-electron chi connectivity index (χ3n) is 5.71. The number of rotatable bonds is 4. The van der Waals surface area contributed by atoms with Crippen molar-refractivity contribution in [2.75, 3.05) is 36.5 Å². The minimum Gasteiger partial charge on any atom is -0.395 e. The van der Waals surface area contributed by atoms with Gasteiger partial charge < -0.3 is 20.6 Å². The molecule has 5 rings (SSSR count). The van der Waals surface area contributed by atoms with Crippen LogP contribution in [0.3, 0.4) is 0 Å². The second kappa shape index (κ2) is 7.55. The zero-order valence-corrected chi connectivity index (χ0v) is 17.1. The summed E-state index contributed by atoms with van der Waals surface area (Å²) in [6.45, 7) is 6.69. The van der Waals surface area contributed by atoms with E-state index in [2.05, 4.69) is 52.6 Å². The summed E-state index contributed by atoms with van der Waals surface area (Å²) in [7, 11) is 0. The third kappa shape index (κ3) is 3.24. The smallest absolute Gasteiger partial charge is 0.166 e. The van der Waals surface area contributed by atoms with E-state index in [9.17, 15) is 5.11 Å². The molecule has 154 valence electrons. The second-order valence-corrected chi connectivity index (χ2v) is 7.79. The van der Waals surface area contributed by atoms with E-state index >= 15 is 0 Å². The fourth-order valence-electron chi connectivity index (χ4n) is 4.07. The summed E-state index contributed by atoms with van der Waals surface area (Å²) in [6.07, 6.45) is 3.59. The summed E-state index contributed by atoms with van der Waals surface area (Å²) in [6, 6.07) is 10.3. The van der Waals surface area contributed by atoms with Gasteiger partial charge in [0.05, 0.1) is 12.8 Å². The molecule has 1 aromatic carbocycles. The first kappa shape index (κ1) is 18.8. The molecule has 1 atom stereocenters. The summed E-state index contributed by atoms with van der Waals surface area (Å²) in [5.41, 5.74) is 5.84. The van der Waals surface area contributed by atoms with E-state index in [4.69, 9.17) is 9.97 Å². The predicted octanol–water partition coefficient (Wildman–Crippen LogP) is 2.41. The minimum absolute atomic E-state index is 0.0616. The lowest BCUT2D eigenvalue weighted by atomic mass is 10.1. The number of anilines is 3. The van der Waals surface area contributed by atoms with Crippen LogP contribution in [0, 0.1) is 13.8 Å². The average Bonchev–Trinajstić information content (AvgIpc) is 3.27. The standard InChI is InChI=1S/C22H25N7O/c1-14-4-3-5-15(2)20(14)27-21-18-10-23-13-29(18)22-17(25-21)6-7-19(26-22)28-9-8-24-16(11-28)12-30/h3-7,10,13,16,24,30H,8-9,11-12H2,1-2H3,(H,25,27). The van der Waals surface area contributed by atoms with Gasteiger partial charge in [0.2, 0.25) is 0 Å². The van der Waals surface area contributed by atoms with Gasteiger partial charge in [0.1, 0.15) is 23.2 Å². The van der Waals surface area contributed by atoms with Gasteiger partial charge in [-0.3, -0.25) is 4.40 Å². The van der Waals surface area contributed by atoms with Crippen LogP contribution in [-0.4, -0.2) is 56.7 Å². The van der Waals surface area contributed by atoms with Crippen LogP contribution in [0.25, 0.3) is 16.7 Å². The first-order valence-electron chi connectivity index (χ1n) is 10.2. The molecule has 3 aromatic heterocycles. The largest absolute Gasteiger partial charge is 0.395 e. The van der Waals surface area contributed by atoms with Crippen molar-refractivity contribution in [2.24, 2.45) is 0 Å². The fraction of sp³-hybridized carbons (Fsp3) is 0.318. The Kier molecular flexibility index (Phi) is 4.72. The Labute approximate surface area is 174 Å². The van der Waals surface area contributed by atoms with Gasteiger partial charge in [0.25, 0.3) is 0 Å². The molecule has 3 N–H and O–H groups in total. The van der Waals surface area contributed by atoms with E-state index in [0.29, 0.717) is 0 Å². The molecule has 0 amide bonds. The molecule has 0 spiro atoms. The number of hydrogen-bond donors (Lipinski definition) is 3. The number of pyridine rings is 1. The van der Waals surface area contributed by atoms with Crippen LogP contribution in [0.1, 0.15) is 11.1 Å². The number of nitrogens with one attached hydrogen (secondary N) is 2. The van der Waals surface area contributed by atoms with Gasteiger partial charge >= 0.3 is 0 Å². The maximum absolute atomic E-state index is 9.49. The minimum atomic E-state index is 0.0616. The first-order valence-corrected chi connectivity index (χ1v) is 10.2. The molecule has 1 fully saturated rings. The molecule has 0 bridgehead atoms. The van der Waals surface area contributed by atoms with Crippen molar-refractivity contribution < 1.29 is 5.11 Å². The van der Waals surface area contributed by atoms with Crippen molar-refractivity contribution in [3.05, 3.63) is 54.0 Å². The van der Waals surface area contributed by atoms with E-state index in [1.165, 1.54) is 11.1 Å². The second-order valence-electron chi connectivity index (χ2n) is 7.79. The Morgan fingerprint density at radius 2 is 2.00 bits per heavy atom. The lowest BCUT2D eigenvalue weighted by Crippen LogP contribution is -2.52. The van der Waals surface area contributed by atoms with Crippen LogP contribution in [0.4, 0.5) is 17.3 Å². The highest BCUT2D eigenvalue weighted by molar-refractivity contribution is 5.85. The van der Waals surface area contributed by atoms with Crippen molar-refractivity contribution in [3.8, 4) is 0 Å². The SMILES string of the molecule is Cc1cccc(C)c1Nc1nc2ccc(N3CCNC(CO)C3)nc2n2cncc12. The predicted molar refractivity (Wildman–Crippen MR) is 119 cm³/mol. The summed E-state index contributed by atoms with van der Waals surface area (Å²) >= 11 is 0. The number of benzene rings is 1. The van der Waals surface area contributed by atoms with Gasteiger partial charge in [0, 0.05) is 31.4 Å². The zero-order chi connectivity index (χ0) is 20.7. The maximum Gasteiger partial charge on any atom is 0.166 e. The number of aliphatic hydroxyl groups is 1. The molecule has 4 heterocycles. The molecule has 1 unspecified atom stereocenters. The van der Waals surface area contributed by atoms with Crippen LogP contribution < -0.4 is 15.5 Å². The Bertz CT molecular complexity index is 1200. The van der Waals surface area contributed by atoms with Crippen molar-refractivity contribution in [2.45, 2.75) is 19.9 Å². The van der Waals surface area contributed by atoms with Gasteiger partial charge in [-0.15, -0.1) is 0 Å². The van der Waals surface area contributed by atoms with Crippen molar-refractivity contribution in [1.82, 2.24) is 24.7 Å². The van der Waals surface area contributed by atoms with Crippen LogP contribution in [0.5, 0.6) is 0 Å². The molecule has 0 radical (unpaired) electrons. The maximum atomic E-state index is 9.49. The number of aliphatic hydroxyl groups excluding tert-OH is 1. The van der Waals surface area contributed by atoms with E-state index in [0.717, 1.165) is 53.6 Å². The fourth-order valence-corrected chi connectivity index (χ4v) is 4.07. The van der Waals surface area contributed by atoms with Crippen LogP contribution in [-0.2, 0) is 0 Å². The first-order chi connectivity index (χ1) is 14.6. The molecule has 1 aliphatic rings. The number of hydrogen-bond acceptors (Lipinski definition) is 7. The van der Waals surface area contributed by atoms with Gasteiger partial charge in [-0.1, -0.05) is 18.2 Å². The highest BCUT2D eigenvalue weighted by Gasteiger charge is 2.21. The monoisotopic (exact) mass is 403 g/mol. The van der Waals surface area contributed by atoms with Crippen molar-refractivity contribution in [1.29, 1.82) is 0 Å². The number of para-hydroxylation sites is 1. The Hall–Kier alpha value is -3.23. The number of nitrogens with zero attached hydrogens (tertiary/aromatic N) is 5. The molecule has 1 saturated heterocycles. The third-order valence-corrected chi connectivity index (χ3v) is 5.71. The molecule has 0 saturated carbocycles. The highest BCUT2D eigenvalue weighted by Crippen LogP contribution is 2.28.